The molecule has 0 saturated heterocycles. The average Bonchev–Trinajstić information content (AvgIpc) is 3.25. The van der Waals surface area contributed by atoms with Gasteiger partial charge in [0, 0.05) is 11.6 Å². The van der Waals surface area contributed by atoms with Crippen LogP contribution in [-0.2, 0) is 4.79 Å². The number of amides is 1. The Morgan fingerprint density at radius 3 is 2.70 bits per heavy atom. The summed E-state index contributed by atoms with van der Waals surface area (Å²) < 4.78 is 18.3. The van der Waals surface area contributed by atoms with Crippen molar-refractivity contribution in [3.63, 3.8) is 0 Å². The Labute approximate surface area is 191 Å². The second kappa shape index (κ2) is 9.99. The second-order valence-electron chi connectivity index (χ2n) is 7.41. The number of nitrogens with one attached hydrogen (secondary N) is 1. The third kappa shape index (κ3) is 5.38. The van der Waals surface area contributed by atoms with Crippen molar-refractivity contribution in [2.45, 2.75) is 20.0 Å². The summed E-state index contributed by atoms with van der Waals surface area (Å²) >= 11 is 0. The first-order valence-corrected chi connectivity index (χ1v) is 10.5. The van der Waals surface area contributed by atoms with E-state index in [2.05, 4.69) is 20.6 Å². The first-order chi connectivity index (χ1) is 16.0. The number of hydrogen-bond donors (Lipinski definition) is 1. The molecule has 4 aromatic rings. The highest BCUT2D eigenvalue weighted by Gasteiger charge is 2.15. The van der Waals surface area contributed by atoms with E-state index in [0.29, 0.717) is 35.4 Å². The van der Waals surface area contributed by atoms with Gasteiger partial charge in [-0.05, 0) is 49.7 Å². The normalized spacial score (nSPS) is 11.7. The van der Waals surface area contributed by atoms with Crippen LogP contribution in [0.3, 0.4) is 0 Å². The third-order valence-corrected chi connectivity index (χ3v) is 4.89. The van der Waals surface area contributed by atoms with Gasteiger partial charge in [0.15, 0.2) is 17.6 Å². The van der Waals surface area contributed by atoms with Crippen LogP contribution in [0, 0.1) is 6.92 Å². The van der Waals surface area contributed by atoms with E-state index in [1.54, 1.807) is 30.7 Å². The van der Waals surface area contributed by atoms with Gasteiger partial charge in [-0.15, -0.1) is 15.3 Å². The van der Waals surface area contributed by atoms with E-state index in [-0.39, 0.29) is 12.5 Å². The van der Waals surface area contributed by atoms with E-state index >= 15 is 0 Å². The maximum absolute atomic E-state index is 12.3. The summed E-state index contributed by atoms with van der Waals surface area (Å²) in [4.78, 5) is 12.3. The molecule has 0 aliphatic heterocycles. The predicted molar refractivity (Wildman–Crippen MR) is 123 cm³/mol. The van der Waals surface area contributed by atoms with Gasteiger partial charge in [0.2, 0.25) is 5.88 Å². The lowest BCUT2D eigenvalue weighted by atomic mass is 10.2. The SMILES string of the molecule is COc1cccc(-c2nnc3ccc(OCCNC(=O)C(C)Oc4cccc(C)c4)nn23)c1. The fourth-order valence-corrected chi connectivity index (χ4v) is 3.21. The van der Waals surface area contributed by atoms with Crippen molar-refractivity contribution in [2.24, 2.45) is 0 Å². The zero-order valence-corrected chi connectivity index (χ0v) is 18.7. The Morgan fingerprint density at radius 1 is 1.06 bits per heavy atom. The van der Waals surface area contributed by atoms with E-state index in [0.717, 1.165) is 11.1 Å². The number of benzene rings is 2. The Hall–Kier alpha value is -4.14. The number of fused-ring (bicyclic) bond motifs is 1. The van der Waals surface area contributed by atoms with Crippen LogP contribution in [-0.4, -0.2) is 52.1 Å². The third-order valence-electron chi connectivity index (χ3n) is 4.89. The first kappa shape index (κ1) is 22.1. The minimum atomic E-state index is -0.622. The molecule has 0 bridgehead atoms. The standard InChI is InChI=1S/C24H25N5O4/c1-16-6-4-9-20(14-16)33-17(2)24(30)25-12-13-32-22-11-10-21-26-27-23(29(21)28-22)18-7-5-8-19(15-18)31-3/h4-11,14-15,17H,12-13H2,1-3H3,(H,25,30). The molecule has 170 valence electrons. The van der Waals surface area contributed by atoms with E-state index in [1.165, 1.54) is 0 Å². The fraction of sp³-hybridized carbons (Fsp3) is 0.250. The molecule has 2 aromatic carbocycles. The molecule has 1 N–H and O–H groups in total. The number of nitrogens with zero attached hydrogens (tertiary/aromatic N) is 4. The van der Waals surface area contributed by atoms with Gasteiger partial charge in [0.25, 0.3) is 5.91 Å². The number of carbonyl (C=O) groups excluding carboxylic acids is 1. The van der Waals surface area contributed by atoms with Crippen molar-refractivity contribution in [3.05, 3.63) is 66.2 Å². The van der Waals surface area contributed by atoms with Crippen LogP contribution in [0.5, 0.6) is 17.4 Å². The predicted octanol–water partition coefficient (Wildman–Crippen LogP) is 3.07. The maximum atomic E-state index is 12.3. The summed E-state index contributed by atoms with van der Waals surface area (Å²) in [6.07, 6.45) is -0.622. The lowest BCUT2D eigenvalue weighted by Gasteiger charge is -2.15. The zero-order chi connectivity index (χ0) is 23.2. The average molecular weight is 447 g/mol. The Kier molecular flexibility index (Phi) is 6.68. The number of hydrogen-bond acceptors (Lipinski definition) is 7. The number of carbonyl (C=O) groups is 1. The highest BCUT2D eigenvalue weighted by atomic mass is 16.5. The lowest BCUT2D eigenvalue weighted by molar-refractivity contribution is -0.127. The van der Waals surface area contributed by atoms with Gasteiger partial charge < -0.3 is 19.5 Å². The molecular formula is C24H25N5O4. The van der Waals surface area contributed by atoms with Crippen LogP contribution in [0.15, 0.2) is 60.7 Å². The Balaban J connectivity index is 1.33. The van der Waals surface area contributed by atoms with E-state index in [1.807, 2.05) is 55.5 Å². The van der Waals surface area contributed by atoms with Gasteiger partial charge in [0.05, 0.1) is 13.7 Å². The number of aryl methyl sites for hydroxylation is 1. The quantitative estimate of drug-likeness (QED) is 0.394. The summed E-state index contributed by atoms with van der Waals surface area (Å²) in [6, 6.07) is 18.6. The molecule has 33 heavy (non-hydrogen) atoms. The molecule has 2 heterocycles. The molecule has 0 spiro atoms. The fourth-order valence-electron chi connectivity index (χ4n) is 3.21. The molecule has 0 aliphatic carbocycles. The smallest absolute Gasteiger partial charge is 0.260 e. The van der Waals surface area contributed by atoms with Gasteiger partial charge >= 0.3 is 0 Å². The van der Waals surface area contributed by atoms with Crippen LogP contribution < -0.4 is 19.5 Å². The zero-order valence-electron chi connectivity index (χ0n) is 18.7. The Morgan fingerprint density at radius 2 is 1.88 bits per heavy atom. The van der Waals surface area contributed by atoms with Crippen LogP contribution in [0.2, 0.25) is 0 Å². The van der Waals surface area contributed by atoms with Gasteiger partial charge in [-0.25, -0.2) is 0 Å². The van der Waals surface area contributed by atoms with Crippen molar-refractivity contribution in [2.75, 3.05) is 20.3 Å². The molecule has 4 rings (SSSR count). The molecule has 1 amide bonds. The molecule has 0 saturated carbocycles. The summed E-state index contributed by atoms with van der Waals surface area (Å²) in [7, 11) is 1.61. The number of rotatable bonds is 9. The number of aromatic nitrogens is 4. The summed E-state index contributed by atoms with van der Waals surface area (Å²) in [5.74, 6) is 2.12. The van der Waals surface area contributed by atoms with Crippen molar-refractivity contribution >= 4 is 11.6 Å². The highest BCUT2D eigenvalue weighted by Crippen LogP contribution is 2.23. The molecule has 1 atom stereocenters. The number of ether oxygens (including phenoxy) is 3. The van der Waals surface area contributed by atoms with E-state index in [9.17, 15) is 4.79 Å². The van der Waals surface area contributed by atoms with Crippen molar-refractivity contribution in [1.29, 1.82) is 0 Å². The van der Waals surface area contributed by atoms with E-state index < -0.39 is 6.10 Å². The minimum absolute atomic E-state index is 0.220. The van der Waals surface area contributed by atoms with E-state index in [4.69, 9.17) is 14.2 Å². The lowest BCUT2D eigenvalue weighted by Crippen LogP contribution is -2.38. The highest BCUT2D eigenvalue weighted by molar-refractivity contribution is 5.80. The van der Waals surface area contributed by atoms with Crippen molar-refractivity contribution in [3.8, 4) is 28.8 Å². The molecule has 0 aliphatic rings. The van der Waals surface area contributed by atoms with Crippen molar-refractivity contribution in [1.82, 2.24) is 25.1 Å². The molecule has 0 radical (unpaired) electrons. The van der Waals surface area contributed by atoms with Crippen LogP contribution in [0.25, 0.3) is 17.0 Å². The van der Waals surface area contributed by atoms with Gasteiger partial charge in [-0.1, -0.05) is 24.3 Å². The van der Waals surface area contributed by atoms with Gasteiger partial charge in [-0.2, -0.15) is 4.52 Å². The number of methoxy groups -OCH3 is 1. The summed E-state index contributed by atoms with van der Waals surface area (Å²) in [5, 5.41) is 15.7. The Bertz CT molecular complexity index is 1260. The van der Waals surface area contributed by atoms with Gasteiger partial charge in [-0.3, -0.25) is 4.79 Å². The second-order valence-corrected chi connectivity index (χ2v) is 7.41. The van der Waals surface area contributed by atoms with Crippen molar-refractivity contribution < 1.29 is 19.0 Å². The van der Waals surface area contributed by atoms with Gasteiger partial charge in [0.1, 0.15) is 18.1 Å². The molecule has 0 fully saturated rings. The van der Waals surface area contributed by atoms with Crippen LogP contribution in [0.4, 0.5) is 0 Å². The molecule has 9 nitrogen and oxygen atoms in total. The van der Waals surface area contributed by atoms with Crippen LogP contribution >= 0.6 is 0 Å². The first-order valence-electron chi connectivity index (χ1n) is 10.5. The monoisotopic (exact) mass is 447 g/mol. The molecular weight excluding hydrogens is 422 g/mol. The molecule has 9 heteroatoms. The van der Waals surface area contributed by atoms with Crippen LogP contribution in [0.1, 0.15) is 12.5 Å². The topological polar surface area (TPSA) is 99.9 Å². The minimum Gasteiger partial charge on any atom is -0.497 e. The molecule has 2 aromatic heterocycles. The maximum Gasteiger partial charge on any atom is 0.260 e. The molecule has 1 unspecified atom stereocenters. The summed E-state index contributed by atoms with van der Waals surface area (Å²) in [6.45, 7) is 4.24. The largest absolute Gasteiger partial charge is 0.497 e. The summed E-state index contributed by atoms with van der Waals surface area (Å²) in [5.41, 5.74) is 2.48.